The second-order valence-electron chi connectivity index (χ2n) is 3.89. The van der Waals surface area contributed by atoms with Crippen LogP contribution in [0.3, 0.4) is 0 Å². The first-order chi connectivity index (χ1) is 7.56. The molecule has 0 bridgehead atoms. The summed E-state index contributed by atoms with van der Waals surface area (Å²) < 4.78 is 1.52. The van der Waals surface area contributed by atoms with Crippen LogP contribution in [0.15, 0.2) is 12.4 Å². The Labute approximate surface area is 92.0 Å². The minimum absolute atomic E-state index is 0.180. The van der Waals surface area contributed by atoms with Crippen molar-refractivity contribution in [3.63, 3.8) is 0 Å². The van der Waals surface area contributed by atoms with Crippen LogP contribution >= 0.6 is 0 Å². The molecular weight excluding hydrogens is 208 g/mol. The third kappa shape index (κ3) is 2.00. The minimum atomic E-state index is -0.944. The van der Waals surface area contributed by atoms with Crippen LogP contribution in [0.25, 0.3) is 5.78 Å². The number of aliphatic carboxylic acids is 1. The van der Waals surface area contributed by atoms with Crippen molar-refractivity contribution in [2.24, 2.45) is 0 Å². The van der Waals surface area contributed by atoms with E-state index in [4.69, 9.17) is 5.11 Å². The number of carbonyl (C=O) groups is 1. The lowest BCUT2D eigenvalue weighted by molar-refractivity contribution is -0.136. The maximum Gasteiger partial charge on any atom is 0.311 e. The molecule has 6 heteroatoms. The summed E-state index contributed by atoms with van der Waals surface area (Å²) in [4.78, 5) is 18.7. The van der Waals surface area contributed by atoms with E-state index in [2.05, 4.69) is 28.9 Å². The van der Waals surface area contributed by atoms with E-state index in [1.807, 2.05) is 6.20 Å². The van der Waals surface area contributed by atoms with Gasteiger partial charge in [0.15, 0.2) is 5.82 Å². The highest BCUT2D eigenvalue weighted by atomic mass is 16.4. The van der Waals surface area contributed by atoms with Crippen LogP contribution < -0.4 is 0 Å². The smallest absolute Gasteiger partial charge is 0.311 e. The van der Waals surface area contributed by atoms with Crippen LogP contribution in [0, 0.1) is 0 Å². The Morgan fingerprint density at radius 2 is 2.31 bits per heavy atom. The molecule has 0 aliphatic rings. The molecule has 0 saturated carbocycles. The first-order valence-electron chi connectivity index (χ1n) is 4.99. The fraction of sp³-hybridized carbons (Fsp3) is 0.400. The number of hydrogen-bond acceptors (Lipinski definition) is 4. The van der Waals surface area contributed by atoms with Crippen molar-refractivity contribution >= 4 is 11.7 Å². The second kappa shape index (κ2) is 3.88. The van der Waals surface area contributed by atoms with Crippen LogP contribution in [-0.4, -0.2) is 30.7 Å². The van der Waals surface area contributed by atoms with Gasteiger partial charge >= 0.3 is 5.97 Å². The molecule has 2 heterocycles. The molecule has 0 amide bonds. The van der Waals surface area contributed by atoms with Gasteiger partial charge < -0.3 is 5.11 Å². The number of carboxylic acid groups (broad SMARTS) is 1. The Balaban J connectivity index is 2.41. The van der Waals surface area contributed by atoms with E-state index in [-0.39, 0.29) is 12.2 Å². The Bertz CT molecular complexity index is 533. The lowest BCUT2D eigenvalue weighted by Crippen LogP contribution is -2.02. The molecule has 0 aliphatic heterocycles. The zero-order valence-electron chi connectivity index (χ0n) is 9.08. The van der Waals surface area contributed by atoms with Crippen molar-refractivity contribution < 1.29 is 9.90 Å². The molecule has 0 aliphatic carbocycles. The molecule has 0 fully saturated rings. The van der Waals surface area contributed by atoms with E-state index in [0.717, 1.165) is 5.56 Å². The fourth-order valence-electron chi connectivity index (χ4n) is 1.35. The van der Waals surface area contributed by atoms with Crippen molar-refractivity contribution in [3.8, 4) is 0 Å². The molecule has 2 aromatic rings. The SMILES string of the molecule is CC(C)c1cnc2nc(CC(=O)O)nn2c1. The number of rotatable bonds is 3. The van der Waals surface area contributed by atoms with Gasteiger partial charge in [0.25, 0.3) is 5.78 Å². The lowest BCUT2D eigenvalue weighted by Gasteiger charge is -2.02. The lowest BCUT2D eigenvalue weighted by atomic mass is 10.1. The van der Waals surface area contributed by atoms with Crippen LogP contribution in [0.2, 0.25) is 0 Å². The minimum Gasteiger partial charge on any atom is -0.481 e. The second-order valence-corrected chi connectivity index (χ2v) is 3.89. The Morgan fingerprint density at radius 1 is 1.56 bits per heavy atom. The monoisotopic (exact) mass is 220 g/mol. The fourth-order valence-corrected chi connectivity index (χ4v) is 1.35. The molecule has 0 saturated heterocycles. The Kier molecular flexibility index (Phi) is 2.55. The maximum absolute atomic E-state index is 10.5. The van der Waals surface area contributed by atoms with E-state index in [0.29, 0.717) is 11.7 Å². The Hall–Kier alpha value is -1.98. The third-order valence-corrected chi connectivity index (χ3v) is 2.23. The topological polar surface area (TPSA) is 80.4 Å². The molecule has 0 unspecified atom stereocenters. The summed E-state index contributed by atoms with van der Waals surface area (Å²) in [5.74, 6) is 0.116. The third-order valence-electron chi connectivity index (χ3n) is 2.23. The van der Waals surface area contributed by atoms with E-state index in [1.165, 1.54) is 4.52 Å². The molecule has 16 heavy (non-hydrogen) atoms. The average Bonchev–Trinajstić information content (AvgIpc) is 2.56. The van der Waals surface area contributed by atoms with Gasteiger partial charge in [0.05, 0.1) is 0 Å². The zero-order valence-corrected chi connectivity index (χ0v) is 9.08. The van der Waals surface area contributed by atoms with Crippen molar-refractivity contribution in [1.82, 2.24) is 19.6 Å². The number of aromatic nitrogens is 4. The van der Waals surface area contributed by atoms with E-state index in [1.54, 1.807) is 6.20 Å². The van der Waals surface area contributed by atoms with Crippen LogP contribution in [0.4, 0.5) is 0 Å². The van der Waals surface area contributed by atoms with Crippen LogP contribution in [-0.2, 0) is 11.2 Å². The van der Waals surface area contributed by atoms with Gasteiger partial charge in [-0.2, -0.15) is 4.98 Å². The molecule has 6 nitrogen and oxygen atoms in total. The summed E-state index contributed by atoms with van der Waals surface area (Å²) in [6.45, 7) is 4.11. The van der Waals surface area contributed by atoms with Gasteiger partial charge in [0, 0.05) is 12.4 Å². The molecule has 0 atom stereocenters. The largest absolute Gasteiger partial charge is 0.481 e. The molecule has 84 valence electrons. The molecule has 2 aromatic heterocycles. The van der Waals surface area contributed by atoms with E-state index >= 15 is 0 Å². The highest BCUT2D eigenvalue weighted by Gasteiger charge is 2.09. The van der Waals surface area contributed by atoms with Crippen molar-refractivity contribution in [2.45, 2.75) is 26.2 Å². The van der Waals surface area contributed by atoms with Crippen LogP contribution in [0.5, 0.6) is 0 Å². The summed E-state index contributed by atoms with van der Waals surface area (Å²) >= 11 is 0. The first-order valence-corrected chi connectivity index (χ1v) is 4.99. The van der Waals surface area contributed by atoms with E-state index < -0.39 is 5.97 Å². The number of nitrogens with zero attached hydrogens (tertiary/aromatic N) is 4. The zero-order chi connectivity index (χ0) is 11.7. The molecule has 0 spiro atoms. The molecule has 2 rings (SSSR count). The highest BCUT2D eigenvalue weighted by molar-refractivity contribution is 5.69. The standard InChI is InChI=1S/C10H12N4O2/c1-6(2)7-4-11-10-12-8(3-9(15)16)13-14(10)5-7/h4-6H,3H2,1-2H3,(H,15,16). The van der Waals surface area contributed by atoms with Crippen LogP contribution in [0.1, 0.15) is 31.2 Å². The average molecular weight is 220 g/mol. The van der Waals surface area contributed by atoms with Gasteiger partial charge in [-0.1, -0.05) is 13.8 Å². The summed E-state index contributed by atoms with van der Waals surface area (Å²) in [5, 5.41) is 12.7. The molecule has 0 aromatic carbocycles. The van der Waals surface area contributed by atoms with Crippen molar-refractivity contribution in [1.29, 1.82) is 0 Å². The molecule has 0 radical (unpaired) electrons. The summed E-state index contributed by atoms with van der Waals surface area (Å²) in [6.07, 6.45) is 3.38. The van der Waals surface area contributed by atoms with Gasteiger partial charge in [-0.05, 0) is 11.5 Å². The van der Waals surface area contributed by atoms with Gasteiger partial charge in [0.2, 0.25) is 0 Å². The van der Waals surface area contributed by atoms with Gasteiger partial charge in [0.1, 0.15) is 6.42 Å². The first kappa shape index (κ1) is 10.5. The summed E-state index contributed by atoms with van der Waals surface area (Å²) in [5.41, 5.74) is 1.04. The quantitative estimate of drug-likeness (QED) is 0.830. The summed E-state index contributed by atoms with van der Waals surface area (Å²) in [7, 11) is 0. The predicted molar refractivity (Wildman–Crippen MR) is 56.2 cm³/mol. The highest BCUT2D eigenvalue weighted by Crippen LogP contribution is 2.12. The van der Waals surface area contributed by atoms with Crippen molar-refractivity contribution in [2.75, 3.05) is 0 Å². The van der Waals surface area contributed by atoms with E-state index in [9.17, 15) is 4.79 Å². The van der Waals surface area contributed by atoms with Crippen molar-refractivity contribution in [3.05, 3.63) is 23.8 Å². The van der Waals surface area contributed by atoms with Gasteiger partial charge in [-0.15, -0.1) is 5.10 Å². The number of hydrogen-bond donors (Lipinski definition) is 1. The molecular formula is C10H12N4O2. The number of carboxylic acids is 1. The normalized spacial score (nSPS) is 11.2. The summed E-state index contributed by atoms with van der Waals surface area (Å²) in [6, 6.07) is 0. The Morgan fingerprint density at radius 3 is 2.94 bits per heavy atom. The molecule has 1 N–H and O–H groups in total. The predicted octanol–water partition coefficient (Wildman–Crippen LogP) is 0.875. The van der Waals surface area contributed by atoms with Gasteiger partial charge in [-0.3, -0.25) is 4.79 Å². The van der Waals surface area contributed by atoms with Gasteiger partial charge in [-0.25, -0.2) is 9.50 Å². The number of fused-ring (bicyclic) bond motifs is 1. The maximum atomic E-state index is 10.5.